The number of benzene rings is 1. The van der Waals surface area contributed by atoms with E-state index >= 15 is 0 Å². The number of hydrogen-bond donors (Lipinski definition) is 1. The van der Waals surface area contributed by atoms with Crippen molar-refractivity contribution in [3.8, 4) is 5.69 Å². The van der Waals surface area contributed by atoms with Crippen LogP contribution in [0.4, 0.5) is 5.82 Å². The van der Waals surface area contributed by atoms with Gasteiger partial charge in [0.05, 0.1) is 17.1 Å². The maximum Gasteiger partial charge on any atom is 0.130 e. The zero-order valence-corrected chi connectivity index (χ0v) is 14.7. The largest absolute Gasteiger partial charge is 0.363 e. The van der Waals surface area contributed by atoms with Crippen molar-refractivity contribution in [2.24, 2.45) is 7.05 Å². The van der Waals surface area contributed by atoms with Gasteiger partial charge in [0.15, 0.2) is 0 Å². The van der Waals surface area contributed by atoms with Crippen molar-refractivity contribution in [2.45, 2.75) is 20.0 Å². The molecule has 0 saturated heterocycles. The van der Waals surface area contributed by atoms with Crippen molar-refractivity contribution in [3.63, 3.8) is 0 Å². The Hall–Kier alpha value is -2.60. The molecule has 3 aromatic rings. The van der Waals surface area contributed by atoms with E-state index < -0.39 is 0 Å². The number of rotatable bonds is 6. The predicted molar refractivity (Wildman–Crippen MR) is 96.4 cm³/mol. The molecule has 0 fully saturated rings. The van der Waals surface area contributed by atoms with Gasteiger partial charge < -0.3 is 10.2 Å². The molecule has 0 unspecified atom stereocenters. The first-order valence-corrected chi connectivity index (χ1v) is 8.06. The smallest absolute Gasteiger partial charge is 0.130 e. The van der Waals surface area contributed by atoms with Crippen molar-refractivity contribution >= 4 is 5.82 Å². The Kier molecular flexibility index (Phi) is 4.66. The monoisotopic (exact) mass is 324 g/mol. The van der Waals surface area contributed by atoms with Crippen LogP contribution >= 0.6 is 0 Å². The van der Waals surface area contributed by atoms with Crippen molar-refractivity contribution in [1.82, 2.24) is 24.9 Å². The quantitative estimate of drug-likeness (QED) is 0.756. The Morgan fingerprint density at radius 3 is 2.50 bits per heavy atom. The van der Waals surface area contributed by atoms with Gasteiger partial charge in [0.25, 0.3) is 0 Å². The summed E-state index contributed by atoms with van der Waals surface area (Å²) in [5.41, 5.74) is 4.38. The molecule has 0 radical (unpaired) electrons. The number of anilines is 1. The van der Waals surface area contributed by atoms with Crippen LogP contribution in [0.5, 0.6) is 0 Å². The number of nitrogens with one attached hydrogen (secondary N) is 1. The third-order valence-corrected chi connectivity index (χ3v) is 4.01. The molecular weight excluding hydrogens is 300 g/mol. The number of aryl methyl sites for hydroxylation is 2. The molecule has 0 saturated carbocycles. The predicted octanol–water partition coefficient (Wildman–Crippen LogP) is 2.27. The first-order chi connectivity index (χ1) is 11.6. The fourth-order valence-corrected chi connectivity index (χ4v) is 2.95. The number of para-hydroxylation sites is 1. The lowest BCUT2D eigenvalue weighted by molar-refractivity contribution is 0.666. The highest BCUT2D eigenvalue weighted by atomic mass is 15.4. The van der Waals surface area contributed by atoms with E-state index in [1.54, 1.807) is 0 Å². The van der Waals surface area contributed by atoms with Crippen LogP contribution in [0.3, 0.4) is 0 Å². The van der Waals surface area contributed by atoms with Crippen molar-refractivity contribution in [1.29, 1.82) is 0 Å². The second kappa shape index (κ2) is 6.88. The fourth-order valence-electron chi connectivity index (χ4n) is 2.95. The van der Waals surface area contributed by atoms with Gasteiger partial charge >= 0.3 is 0 Å². The molecule has 0 bridgehead atoms. The molecule has 0 aliphatic carbocycles. The van der Waals surface area contributed by atoms with Gasteiger partial charge in [-0.15, -0.1) is 0 Å². The number of nitrogens with zero attached hydrogens (tertiary/aromatic N) is 5. The molecule has 2 heterocycles. The minimum absolute atomic E-state index is 0.723. The molecule has 0 spiro atoms. The highest BCUT2D eigenvalue weighted by Crippen LogP contribution is 2.21. The van der Waals surface area contributed by atoms with E-state index in [1.165, 1.54) is 5.56 Å². The maximum atomic E-state index is 4.62. The molecule has 2 aromatic heterocycles. The minimum Gasteiger partial charge on any atom is -0.363 e. The summed E-state index contributed by atoms with van der Waals surface area (Å²) in [6.07, 6.45) is 1.99. The van der Waals surface area contributed by atoms with Crippen LogP contribution in [0, 0.1) is 6.92 Å². The lowest BCUT2D eigenvalue weighted by Crippen LogP contribution is -2.19. The molecule has 0 aliphatic heterocycles. The number of hydrogen-bond acceptors (Lipinski definition) is 4. The van der Waals surface area contributed by atoms with Gasteiger partial charge in [-0.3, -0.25) is 4.68 Å². The second-order valence-electron chi connectivity index (χ2n) is 6.10. The zero-order valence-electron chi connectivity index (χ0n) is 14.7. The van der Waals surface area contributed by atoms with Crippen LogP contribution in [-0.2, 0) is 20.1 Å². The summed E-state index contributed by atoms with van der Waals surface area (Å²) in [7, 11) is 6.07. The van der Waals surface area contributed by atoms with Gasteiger partial charge in [0.2, 0.25) is 0 Å². The summed E-state index contributed by atoms with van der Waals surface area (Å²) in [5.74, 6) is 1.13. The average molecular weight is 324 g/mol. The summed E-state index contributed by atoms with van der Waals surface area (Å²) < 4.78 is 3.83. The van der Waals surface area contributed by atoms with E-state index in [9.17, 15) is 0 Å². The summed E-state index contributed by atoms with van der Waals surface area (Å²) in [6, 6.07) is 12.2. The van der Waals surface area contributed by atoms with Crippen LogP contribution in [-0.4, -0.2) is 33.7 Å². The molecule has 6 heteroatoms. The highest BCUT2D eigenvalue weighted by Gasteiger charge is 2.14. The average Bonchev–Trinajstić information content (AvgIpc) is 3.13. The molecule has 3 rings (SSSR count). The molecule has 24 heavy (non-hydrogen) atoms. The van der Waals surface area contributed by atoms with E-state index in [2.05, 4.69) is 20.4 Å². The van der Waals surface area contributed by atoms with Gasteiger partial charge in [-0.05, 0) is 25.1 Å². The third kappa shape index (κ3) is 3.33. The minimum atomic E-state index is 0.723. The van der Waals surface area contributed by atoms with Crippen molar-refractivity contribution < 1.29 is 0 Å². The first kappa shape index (κ1) is 16.3. The molecule has 1 aromatic carbocycles. The van der Waals surface area contributed by atoms with Crippen LogP contribution in [0.1, 0.15) is 17.0 Å². The third-order valence-electron chi connectivity index (χ3n) is 4.01. The Balaban J connectivity index is 1.65. The summed E-state index contributed by atoms with van der Waals surface area (Å²) in [6.45, 7) is 3.54. The molecule has 0 aliphatic rings. The van der Waals surface area contributed by atoms with E-state index in [1.807, 2.05) is 80.0 Å². The summed E-state index contributed by atoms with van der Waals surface area (Å²) >= 11 is 0. The van der Waals surface area contributed by atoms with Gasteiger partial charge in [0, 0.05) is 46.0 Å². The normalized spacial score (nSPS) is 11.0. The van der Waals surface area contributed by atoms with E-state index in [0.717, 1.165) is 36.0 Å². The van der Waals surface area contributed by atoms with Crippen LogP contribution in [0.25, 0.3) is 5.69 Å². The van der Waals surface area contributed by atoms with Crippen LogP contribution in [0.2, 0.25) is 0 Å². The van der Waals surface area contributed by atoms with Gasteiger partial charge in [0.1, 0.15) is 5.82 Å². The topological polar surface area (TPSA) is 50.9 Å². The lowest BCUT2D eigenvalue weighted by Gasteiger charge is -2.15. The van der Waals surface area contributed by atoms with Crippen molar-refractivity contribution in [2.75, 3.05) is 19.0 Å². The molecule has 126 valence electrons. The molecule has 0 atom stereocenters. The second-order valence-corrected chi connectivity index (χ2v) is 6.10. The standard InChI is InChI=1S/C18H24N6/c1-14-17(18(22(2)3)23(4)20-14)13-19-12-15-10-11-24(21-15)16-8-6-5-7-9-16/h5-11,19H,12-13H2,1-4H3. The lowest BCUT2D eigenvalue weighted by atomic mass is 10.2. The maximum absolute atomic E-state index is 4.62. The molecule has 0 amide bonds. The number of aromatic nitrogens is 4. The van der Waals surface area contributed by atoms with E-state index in [0.29, 0.717) is 0 Å². The molecular formula is C18H24N6. The first-order valence-electron chi connectivity index (χ1n) is 8.06. The van der Waals surface area contributed by atoms with Gasteiger partial charge in [-0.2, -0.15) is 10.2 Å². The molecule has 1 N–H and O–H groups in total. The van der Waals surface area contributed by atoms with E-state index in [-0.39, 0.29) is 0 Å². The fraction of sp³-hybridized carbons (Fsp3) is 0.333. The highest BCUT2D eigenvalue weighted by molar-refractivity contribution is 5.48. The van der Waals surface area contributed by atoms with E-state index in [4.69, 9.17) is 0 Å². The Bertz CT molecular complexity index is 800. The van der Waals surface area contributed by atoms with Crippen molar-refractivity contribution in [3.05, 3.63) is 59.5 Å². The summed E-state index contributed by atoms with van der Waals surface area (Å²) in [4.78, 5) is 2.10. The van der Waals surface area contributed by atoms with Gasteiger partial charge in [-0.25, -0.2) is 4.68 Å². The SMILES string of the molecule is Cc1nn(C)c(N(C)C)c1CNCc1ccn(-c2ccccc2)n1. The summed E-state index contributed by atoms with van der Waals surface area (Å²) in [5, 5.41) is 12.6. The molecule has 6 nitrogen and oxygen atoms in total. The van der Waals surface area contributed by atoms with Crippen LogP contribution < -0.4 is 10.2 Å². The Labute approximate surface area is 142 Å². The Morgan fingerprint density at radius 1 is 1.04 bits per heavy atom. The zero-order chi connectivity index (χ0) is 17.1. The Morgan fingerprint density at radius 2 is 1.79 bits per heavy atom. The van der Waals surface area contributed by atoms with Crippen LogP contribution in [0.15, 0.2) is 42.6 Å². The van der Waals surface area contributed by atoms with Gasteiger partial charge in [-0.1, -0.05) is 18.2 Å².